The molecule has 0 atom stereocenters. The van der Waals surface area contributed by atoms with Crippen LogP contribution >= 0.6 is 0 Å². The standard InChI is InChI=1S/C19H22F2N4O3/c1-13-6-8-24(9-7-13)18-5-2-14(12-23-18)11-22-15-3-4-16(25(26)27)17(10-15)28-19(20)21/h2-5,10,12-13,19,22H,6-9,11H2,1H3. The summed E-state index contributed by atoms with van der Waals surface area (Å²) in [6, 6.07) is 7.70. The summed E-state index contributed by atoms with van der Waals surface area (Å²) in [6.07, 6.45) is 4.09. The number of nitrogens with one attached hydrogen (secondary N) is 1. The highest BCUT2D eigenvalue weighted by Crippen LogP contribution is 2.31. The number of piperidine rings is 1. The van der Waals surface area contributed by atoms with E-state index in [4.69, 9.17) is 0 Å². The Morgan fingerprint density at radius 1 is 1.32 bits per heavy atom. The molecule has 9 heteroatoms. The van der Waals surface area contributed by atoms with E-state index >= 15 is 0 Å². The third-order valence-electron chi connectivity index (χ3n) is 4.79. The van der Waals surface area contributed by atoms with E-state index < -0.39 is 23.0 Å². The summed E-state index contributed by atoms with van der Waals surface area (Å²) in [5, 5.41) is 14.0. The summed E-state index contributed by atoms with van der Waals surface area (Å²) in [5.74, 6) is 1.22. The Balaban J connectivity index is 1.63. The predicted molar refractivity (Wildman–Crippen MR) is 102 cm³/mol. The van der Waals surface area contributed by atoms with Crippen LogP contribution in [0.15, 0.2) is 36.5 Å². The number of anilines is 2. The van der Waals surface area contributed by atoms with Crippen LogP contribution in [0.2, 0.25) is 0 Å². The molecule has 0 saturated carbocycles. The molecule has 28 heavy (non-hydrogen) atoms. The van der Waals surface area contributed by atoms with E-state index in [2.05, 4.69) is 26.9 Å². The fourth-order valence-corrected chi connectivity index (χ4v) is 3.12. The molecule has 1 saturated heterocycles. The molecule has 0 spiro atoms. The third-order valence-corrected chi connectivity index (χ3v) is 4.79. The second-order valence-electron chi connectivity index (χ2n) is 6.87. The van der Waals surface area contributed by atoms with Gasteiger partial charge in [-0.2, -0.15) is 8.78 Å². The second-order valence-corrected chi connectivity index (χ2v) is 6.87. The molecule has 0 bridgehead atoms. The van der Waals surface area contributed by atoms with E-state index in [1.165, 1.54) is 12.1 Å². The van der Waals surface area contributed by atoms with Gasteiger partial charge in [0.05, 0.1) is 4.92 Å². The van der Waals surface area contributed by atoms with Crippen LogP contribution in [0, 0.1) is 16.0 Å². The van der Waals surface area contributed by atoms with Crippen LogP contribution in [0.5, 0.6) is 5.75 Å². The number of ether oxygens (including phenoxy) is 1. The van der Waals surface area contributed by atoms with Crippen LogP contribution in [0.3, 0.4) is 0 Å². The number of alkyl halides is 2. The highest BCUT2D eigenvalue weighted by molar-refractivity contribution is 5.58. The molecule has 1 aliphatic heterocycles. The van der Waals surface area contributed by atoms with Crippen molar-refractivity contribution in [2.45, 2.75) is 32.9 Å². The zero-order valence-corrected chi connectivity index (χ0v) is 15.5. The third kappa shape index (κ3) is 5.05. The van der Waals surface area contributed by atoms with E-state index in [-0.39, 0.29) is 0 Å². The molecule has 1 aromatic heterocycles. The van der Waals surface area contributed by atoms with Gasteiger partial charge in [0.25, 0.3) is 0 Å². The SMILES string of the molecule is CC1CCN(c2ccc(CNc3ccc([N+](=O)[O-])c(OC(F)F)c3)cn2)CC1. The van der Waals surface area contributed by atoms with Gasteiger partial charge >= 0.3 is 12.3 Å². The molecule has 0 radical (unpaired) electrons. The topological polar surface area (TPSA) is 80.5 Å². The molecule has 1 fully saturated rings. The van der Waals surface area contributed by atoms with Gasteiger partial charge in [0, 0.05) is 43.7 Å². The summed E-state index contributed by atoms with van der Waals surface area (Å²) >= 11 is 0. The normalized spacial score (nSPS) is 14.9. The van der Waals surface area contributed by atoms with Gasteiger partial charge < -0.3 is 15.0 Å². The number of hydrogen-bond acceptors (Lipinski definition) is 6. The van der Waals surface area contributed by atoms with Crippen molar-refractivity contribution in [3.63, 3.8) is 0 Å². The Morgan fingerprint density at radius 2 is 2.07 bits per heavy atom. The van der Waals surface area contributed by atoms with Gasteiger partial charge in [-0.15, -0.1) is 0 Å². The molecular formula is C19H22F2N4O3. The Kier molecular flexibility index (Phi) is 6.23. The lowest BCUT2D eigenvalue weighted by Crippen LogP contribution is -2.33. The Morgan fingerprint density at radius 3 is 2.68 bits per heavy atom. The van der Waals surface area contributed by atoms with Crippen molar-refractivity contribution in [3.05, 3.63) is 52.2 Å². The van der Waals surface area contributed by atoms with Crippen molar-refractivity contribution in [2.24, 2.45) is 5.92 Å². The van der Waals surface area contributed by atoms with Crippen LogP contribution in [0.25, 0.3) is 0 Å². The summed E-state index contributed by atoms with van der Waals surface area (Å²) in [5.41, 5.74) is 0.840. The zero-order valence-electron chi connectivity index (χ0n) is 15.5. The van der Waals surface area contributed by atoms with Crippen LogP contribution in [0.4, 0.5) is 26.0 Å². The number of pyridine rings is 1. The molecule has 2 heterocycles. The maximum absolute atomic E-state index is 12.5. The maximum atomic E-state index is 12.5. The van der Waals surface area contributed by atoms with Gasteiger partial charge in [0.15, 0.2) is 0 Å². The number of nitro benzene ring substituents is 1. The lowest BCUT2D eigenvalue weighted by Gasteiger charge is -2.31. The van der Waals surface area contributed by atoms with Crippen LogP contribution in [-0.2, 0) is 6.54 Å². The van der Waals surface area contributed by atoms with Crippen LogP contribution in [-0.4, -0.2) is 29.6 Å². The number of nitrogens with zero attached hydrogens (tertiary/aromatic N) is 3. The number of hydrogen-bond donors (Lipinski definition) is 1. The minimum absolute atomic E-state index is 0.399. The van der Waals surface area contributed by atoms with Gasteiger partial charge in [-0.25, -0.2) is 4.98 Å². The minimum Gasteiger partial charge on any atom is -0.427 e. The van der Waals surface area contributed by atoms with E-state index in [0.717, 1.165) is 49.3 Å². The molecule has 1 aromatic carbocycles. The summed E-state index contributed by atoms with van der Waals surface area (Å²) in [4.78, 5) is 16.9. The maximum Gasteiger partial charge on any atom is 0.387 e. The van der Waals surface area contributed by atoms with Crippen LogP contribution < -0.4 is 15.0 Å². The summed E-state index contributed by atoms with van der Waals surface area (Å²) in [6.45, 7) is 1.53. The fraction of sp³-hybridized carbons (Fsp3) is 0.421. The predicted octanol–water partition coefficient (Wildman–Crippen LogP) is 4.44. The smallest absolute Gasteiger partial charge is 0.387 e. The molecule has 0 amide bonds. The van der Waals surface area contributed by atoms with E-state index in [1.807, 2.05) is 12.1 Å². The fourth-order valence-electron chi connectivity index (χ4n) is 3.12. The van der Waals surface area contributed by atoms with Crippen molar-refractivity contribution in [1.29, 1.82) is 0 Å². The van der Waals surface area contributed by atoms with Crippen molar-refractivity contribution >= 4 is 17.2 Å². The van der Waals surface area contributed by atoms with Crippen molar-refractivity contribution < 1.29 is 18.4 Å². The minimum atomic E-state index is -3.14. The summed E-state index contributed by atoms with van der Waals surface area (Å²) < 4.78 is 29.2. The number of aromatic nitrogens is 1. The first kappa shape index (κ1) is 19.8. The first-order valence-corrected chi connectivity index (χ1v) is 9.09. The molecule has 3 rings (SSSR count). The van der Waals surface area contributed by atoms with Crippen molar-refractivity contribution in [2.75, 3.05) is 23.3 Å². The number of nitro groups is 1. The second kappa shape index (κ2) is 8.81. The highest BCUT2D eigenvalue weighted by atomic mass is 19.3. The lowest BCUT2D eigenvalue weighted by atomic mass is 9.99. The number of halogens is 2. The van der Waals surface area contributed by atoms with Gasteiger partial charge in [0.1, 0.15) is 5.82 Å². The monoisotopic (exact) mass is 392 g/mol. The number of rotatable bonds is 7. The first-order valence-electron chi connectivity index (χ1n) is 9.09. The van der Waals surface area contributed by atoms with Gasteiger partial charge in [-0.3, -0.25) is 10.1 Å². The lowest BCUT2D eigenvalue weighted by molar-refractivity contribution is -0.386. The van der Waals surface area contributed by atoms with Gasteiger partial charge in [-0.05, 0) is 36.5 Å². The molecule has 150 valence electrons. The van der Waals surface area contributed by atoms with E-state index in [0.29, 0.717) is 12.2 Å². The molecule has 0 unspecified atom stereocenters. The van der Waals surface area contributed by atoms with Gasteiger partial charge in [-0.1, -0.05) is 13.0 Å². The molecular weight excluding hydrogens is 370 g/mol. The number of benzene rings is 1. The Hall–Kier alpha value is -2.97. The molecule has 2 aromatic rings. The average Bonchev–Trinajstić information content (AvgIpc) is 2.67. The van der Waals surface area contributed by atoms with Crippen molar-refractivity contribution in [3.8, 4) is 5.75 Å². The zero-order chi connectivity index (χ0) is 20.1. The molecule has 0 aliphatic carbocycles. The van der Waals surface area contributed by atoms with Gasteiger partial charge in [0.2, 0.25) is 5.75 Å². The Bertz CT molecular complexity index is 809. The quantitative estimate of drug-likeness (QED) is 0.554. The molecule has 7 nitrogen and oxygen atoms in total. The molecule has 1 N–H and O–H groups in total. The average molecular weight is 392 g/mol. The largest absolute Gasteiger partial charge is 0.427 e. The van der Waals surface area contributed by atoms with E-state index in [9.17, 15) is 18.9 Å². The van der Waals surface area contributed by atoms with E-state index in [1.54, 1.807) is 6.20 Å². The van der Waals surface area contributed by atoms with Crippen LogP contribution in [0.1, 0.15) is 25.3 Å². The summed E-state index contributed by atoms with van der Waals surface area (Å²) in [7, 11) is 0. The Labute approximate surface area is 161 Å². The first-order chi connectivity index (χ1) is 13.4. The molecule has 1 aliphatic rings. The van der Waals surface area contributed by atoms with Crippen molar-refractivity contribution in [1.82, 2.24) is 4.98 Å². The highest BCUT2D eigenvalue weighted by Gasteiger charge is 2.19.